The lowest BCUT2D eigenvalue weighted by molar-refractivity contribution is 0.147. The van der Waals surface area contributed by atoms with E-state index in [9.17, 15) is 0 Å². The second kappa shape index (κ2) is 4.73. The maximum absolute atomic E-state index is 6.03. The number of allylic oxidation sites excluding steroid dienone is 1. The number of hydrogen-bond acceptors (Lipinski definition) is 1. The molecule has 0 radical (unpaired) electrons. The van der Waals surface area contributed by atoms with E-state index in [0.29, 0.717) is 12.0 Å². The van der Waals surface area contributed by atoms with Crippen LogP contribution in [0.25, 0.3) is 0 Å². The molecule has 0 spiro atoms. The molecule has 1 heteroatoms. The first kappa shape index (κ1) is 11.3. The van der Waals surface area contributed by atoms with Crippen LogP contribution < -0.4 is 4.74 Å². The monoisotopic (exact) mass is 216 g/mol. The van der Waals surface area contributed by atoms with Crippen LogP contribution in [0.3, 0.4) is 0 Å². The minimum atomic E-state index is 0.339. The summed E-state index contributed by atoms with van der Waals surface area (Å²) < 4.78 is 6.03. The van der Waals surface area contributed by atoms with Crippen molar-refractivity contribution in [3.05, 3.63) is 41.5 Å². The van der Waals surface area contributed by atoms with E-state index in [1.807, 2.05) is 0 Å². The summed E-state index contributed by atoms with van der Waals surface area (Å²) >= 11 is 0. The van der Waals surface area contributed by atoms with Gasteiger partial charge >= 0.3 is 0 Å². The van der Waals surface area contributed by atoms with E-state index < -0.39 is 0 Å². The Balaban J connectivity index is 2.03. The molecule has 1 aromatic rings. The fourth-order valence-corrected chi connectivity index (χ4v) is 2.23. The van der Waals surface area contributed by atoms with Crippen LogP contribution in [0.15, 0.2) is 35.9 Å². The molecule has 0 aromatic heterocycles. The zero-order chi connectivity index (χ0) is 11.5. The third-order valence-corrected chi connectivity index (χ3v) is 3.27. The summed E-state index contributed by atoms with van der Waals surface area (Å²) in [6.07, 6.45) is 4.98. The van der Waals surface area contributed by atoms with Gasteiger partial charge in [-0.25, -0.2) is 0 Å². The van der Waals surface area contributed by atoms with E-state index in [-0.39, 0.29) is 0 Å². The van der Waals surface area contributed by atoms with Gasteiger partial charge in [0.2, 0.25) is 0 Å². The van der Waals surface area contributed by atoms with Crippen molar-refractivity contribution in [3.63, 3.8) is 0 Å². The largest absolute Gasteiger partial charge is 0.490 e. The maximum Gasteiger partial charge on any atom is 0.119 e. The van der Waals surface area contributed by atoms with Crippen LogP contribution in [0.5, 0.6) is 5.75 Å². The van der Waals surface area contributed by atoms with Gasteiger partial charge in [-0.15, -0.1) is 0 Å². The Hall–Kier alpha value is -1.24. The summed E-state index contributed by atoms with van der Waals surface area (Å²) in [5.74, 6) is 1.52. The lowest BCUT2D eigenvalue weighted by atomic mass is 9.90. The molecular weight excluding hydrogens is 196 g/mol. The van der Waals surface area contributed by atoms with Crippen LogP contribution >= 0.6 is 0 Å². The molecule has 0 saturated heterocycles. The molecule has 1 nitrogen and oxygen atoms in total. The van der Waals surface area contributed by atoms with Crippen molar-refractivity contribution >= 4 is 0 Å². The Bertz CT molecular complexity index is 375. The van der Waals surface area contributed by atoms with Crippen molar-refractivity contribution in [2.24, 2.45) is 5.92 Å². The second-order valence-corrected chi connectivity index (χ2v) is 4.88. The molecular formula is C15H20O. The Morgan fingerprint density at radius 3 is 2.44 bits per heavy atom. The molecule has 1 aromatic carbocycles. The number of hydrogen-bond donors (Lipinski definition) is 0. The minimum absolute atomic E-state index is 0.339. The van der Waals surface area contributed by atoms with Gasteiger partial charge in [-0.1, -0.05) is 36.3 Å². The van der Waals surface area contributed by atoms with Gasteiger partial charge < -0.3 is 4.74 Å². The van der Waals surface area contributed by atoms with Gasteiger partial charge in [0.05, 0.1) is 0 Å². The lowest BCUT2D eigenvalue weighted by Crippen LogP contribution is -2.26. The van der Waals surface area contributed by atoms with E-state index in [1.165, 1.54) is 17.6 Å². The quantitative estimate of drug-likeness (QED) is 0.676. The SMILES string of the molecule is CC1=CC(C)C(Oc2ccc(C)cc2)CC1. The molecule has 0 fully saturated rings. The number of aryl methyl sites for hydroxylation is 1. The van der Waals surface area contributed by atoms with Crippen LogP contribution in [0.2, 0.25) is 0 Å². The van der Waals surface area contributed by atoms with Crippen LogP contribution in [0.4, 0.5) is 0 Å². The van der Waals surface area contributed by atoms with E-state index in [2.05, 4.69) is 51.1 Å². The molecule has 0 N–H and O–H groups in total. The Kier molecular flexibility index (Phi) is 3.33. The summed E-state index contributed by atoms with van der Waals surface area (Å²) in [5.41, 5.74) is 2.77. The van der Waals surface area contributed by atoms with Gasteiger partial charge in [0, 0.05) is 5.92 Å². The first-order valence-corrected chi connectivity index (χ1v) is 6.06. The highest BCUT2D eigenvalue weighted by atomic mass is 16.5. The van der Waals surface area contributed by atoms with Gasteiger partial charge in [-0.3, -0.25) is 0 Å². The number of ether oxygens (including phenoxy) is 1. The molecule has 1 aliphatic rings. The van der Waals surface area contributed by atoms with Gasteiger partial charge in [0.15, 0.2) is 0 Å². The third-order valence-electron chi connectivity index (χ3n) is 3.27. The fourth-order valence-electron chi connectivity index (χ4n) is 2.23. The highest BCUT2D eigenvalue weighted by Crippen LogP contribution is 2.27. The van der Waals surface area contributed by atoms with Gasteiger partial charge in [-0.05, 0) is 38.8 Å². The molecule has 0 amide bonds. The maximum atomic E-state index is 6.03. The topological polar surface area (TPSA) is 9.23 Å². The van der Waals surface area contributed by atoms with Crippen LogP contribution in [-0.4, -0.2) is 6.10 Å². The van der Waals surface area contributed by atoms with E-state index in [4.69, 9.17) is 4.74 Å². The molecule has 16 heavy (non-hydrogen) atoms. The molecule has 2 atom stereocenters. The first-order chi connectivity index (χ1) is 7.65. The minimum Gasteiger partial charge on any atom is -0.490 e. The summed E-state index contributed by atoms with van der Waals surface area (Å²) in [7, 11) is 0. The summed E-state index contributed by atoms with van der Waals surface area (Å²) in [6, 6.07) is 8.33. The average molecular weight is 216 g/mol. The molecule has 86 valence electrons. The molecule has 0 aliphatic heterocycles. The zero-order valence-corrected chi connectivity index (χ0v) is 10.4. The smallest absolute Gasteiger partial charge is 0.119 e. The second-order valence-electron chi connectivity index (χ2n) is 4.88. The van der Waals surface area contributed by atoms with Crippen molar-refractivity contribution in [2.75, 3.05) is 0 Å². The average Bonchev–Trinajstić information content (AvgIpc) is 2.25. The van der Waals surface area contributed by atoms with Crippen molar-refractivity contribution in [2.45, 2.75) is 39.7 Å². The molecule has 0 saturated carbocycles. The number of benzene rings is 1. The fraction of sp³-hybridized carbons (Fsp3) is 0.467. The van der Waals surface area contributed by atoms with Crippen molar-refractivity contribution < 1.29 is 4.74 Å². The normalized spacial score (nSPS) is 25.1. The Morgan fingerprint density at radius 1 is 1.12 bits per heavy atom. The third kappa shape index (κ3) is 2.66. The molecule has 0 bridgehead atoms. The number of rotatable bonds is 2. The highest BCUT2D eigenvalue weighted by Gasteiger charge is 2.21. The van der Waals surface area contributed by atoms with Gasteiger partial charge in [0.25, 0.3) is 0 Å². The molecule has 0 heterocycles. The van der Waals surface area contributed by atoms with Crippen molar-refractivity contribution in [3.8, 4) is 5.75 Å². The van der Waals surface area contributed by atoms with Gasteiger partial charge in [-0.2, -0.15) is 0 Å². The predicted octanol–water partition coefficient (Wildman–Crippen LogP) is 4.12. The predicted molar refractivity (Wildman–Crippen MR) is 67.8 cm³/mol. The van der Waals surface area contributed by atoms with Crippen LogP contribution in [0, 0.1) is 12.8 Å². The van der Waals surface area contributed by atoms with Crippen LogP contribution in [-0.2, 0) is 0 Å². The van der Waals surface area contributed by atoms with E-state index >= 15 is 0 Å². The molecule has 2 unspecified atom stereocenters. The molecule has 1 aliphatic carbocycles. The van der Waals surface area contributed by atoms with Gasteiger partial charge in [0.1, 0.15) is 11.9 Å². The summed E-state index contributed by atoms with van der Waals surface area (Å²) in [4.78, 5) is 0. The van der Waals surface area contributed by atoms with Crippen molar-refractivity contribution in [1.82, 2.24) is 0 Å². The van der Waals surface area contributed by atoms with E-state index in [1.54, 1.807) is 0 Å². The zero-order valence-electron chi connectivity index (χ0n) is 10.4. The Labute approximate surface area is 98.1 Å². The summed E-state index contributed by atoms with van der Waals surface area (Å²) in [6.45, 7) is 6.54. The standard InChI is InChI=1S/C15H20O/c1-11-4-7-14(8-5-11)16-15-9-6-12(2)10-13(15)3/h4-5,7-8,10,13,15H,6,9H2,1-3H3. The van der Waals surface area contributed by atoms with Crippen molar-refractivity contribution in [1.29, 1.82) is 0 Å². The van der Waals surface area contributed by atoms with E-state index in [0.717, 1.165) is 12.2 Å². The molecule has 2 rings (SSSR count). The Morgan fingerprint density at radius 2 is 1.81 bits per heavy atom. The van der Waals surface area contributed by atoms with Crippen LogP contribution in [0.1, 0.15) is 32.3 Å². The summed E-state index contributed by atoms with van der Waals surface area (Å²) in [5, 5.41) is 0. The lowest BCUT2D eigenvalue weighted by Gasteiger charge is -2.27. The highest BCUT2D eigenvalue weighted by molar-refractivity contribution is 5.26. The first-order valence-electron chi connectivity index (χ1n) is 6.06.